The second-order valence-electron chi connectivity index (χ2n) is 8.01. The largest absolute Gasteiger partial charge is 0.395 e. The van der Waals surface area contributed by atoms with Crippen molar-refractivity contribution in [2.75, 3.05) is 50.6 Å². The average Bonchev–Trinajstić information content (AvgIpc) is 3.30. The van der Waals surface area contributed by atoms with Crippen LogP contribution in [-0.2, 0) is 11.8 Å². The molecule has 2 aromatic heterocycles. The molecule has 1 spiro atoms. The topological polar surface area (TPSA) is 121 Å². The zero-order valence-electron chi connectivity index (χ0n) is 17.1. The van der Waals surface area contributed by atoms with Gasteiger partial charge in [0.1, 0.15) is 11.5 Å². The van der Waals surface area contributed by atoms with Gasteiger partial charge in [0.05, 0.1) is 12.3 Å². The van der Waals surface area contributed by atoms with Crippen LogP contribution in [0.2, 0.25) is 0 Å². The van der Waals surface area contributed by atoms with Gasteiger partial charge in [-0.2, -0.15) is 4.98 Å². The van der Waals surface area contributed by atoms with Crippen molar-refractivity contribution in [2.45, 2.75) is 38.0 Å². The maximum Gasteiger partial charge on any atom is 0.278 e. The fourth-order valence-corrected chi connectivity index (χ4v) is 4.35. The van der Waals surface area contributed by atoms with Crippen molar-refractivity contribution in [3.8, 4) is 0 Å². The van der Waals surface area contributed by atoms with E-state index < -0.39 is 0 Å². The summed E-state index contributed by atoms with van der Waals surface area (Å²) in [6.45, 7) is 3.52. The summed E-state index contributed by atoms with van der Waals surface area (Å²) in [5.41, 5.74) is 2.99. The number of carbonyl (C=O) groups excluding carboxylic acids is 1. The van der Waals surface area contributed by atoms with Crippen LogP contribution in [0.3, 0.4) is 0 Å². The lowest BCUT2D eigenvalue weighted by molar-refractivity contribution is 0.0652. The first kappa shape index (κ1) is 19.6. The number of hydrogen-bond acceptors (Lipinski definition) is 9. The Morgan fingerprint density at radius 2 is 2.00 bits per heavy atom. The predicted molar refractivity (Wildman–Crippen MR) is 106 cm³/mol. The van der Waals surface area contributed by atoms with E-state index in [1.54, 1.807) is 6.92 Å². The molecule has 2 aliphatic rings. The minimum Gasteiger partial charge on any atom is -0.395 e. The standard InChI is InChI=1S/C19H27N7O3/c1-12-14(24-29-23-12)17(28)26-9-6-19(7-10-26)5-4-13-15(19)21-18(25(2)3)22-16(13)20-8-11-27/h27H,4-11H2,1-3H3,(H,20,21,22). The molecule has 156 valence electrons. The van der Waals surface area contributed by atoms with E-state index in [-0.39, 0.29) is 17.9 Å². The van der Waals surface area contributed by atoms with Crippen molar-refractivity contribution in [2.24, 2.45) is 0 Å². The summed E-state index contributed by atoms with van der Waals surface area (Å²) in [5.74, 6) is 1.35. The molecule has 3 heterocycles. The van der Waals surface area contributed by atoms with Crippen molar-refractivity contribution in [1.82, 2.24) is 25.2 Å². The molecule has 1 fully saturated rings. The van der Waals surface area contributed by atoms with Crippen LogP contribution >= 0.6 is 0 Å². The Balaban J connectivity index is 1.58. The monoisotopic (exact) mass is 401 g/mol. The summed E-state index contributed by atoms with van der Waals surface area (Å²) in [6, 6.07) is 0. The highest BCUT2D eigenvalue weighted by Crippen LogP contribution is 2.47. The van der Waals surface area contributed by atoms with E-state index in [1.165, 1.54) is 0 Å². The highest BCUT2D eigenvalue weighted by Gasteiger charge is 2.45. The minimum absolute atomic E-state index is 0.0490. The number of likely N-dealkylation sites (tertiary alicyclic amines) is 1. The van der Waals surface area contributed by atoms with Gasteiger partial charge < -0.3 is 20.2 Å². The number of rotatable bonds is 5. The fourth-order valence-electron chi connectivity index (χ4n) is 4.35. The molecule has 29 heavy (non-hydrogen) atoms. The molecule has 2 N–H and O–H groups in total. The first-order chi connectivity index (χ1) is 13.9. The molecule has 10 nitrogen and oxygen atoms in total. The number of piperidine rings is 1. The average molecular weight is 401 g/mol. The number of nitrogens with one attached hydrogen (secondary N) is 1. The van der Waals surface area contributed by atoms with Gasteiger partial charge in [-0.15, -0.1) is 0 Å². The quantitative estimate of drug-likeness (QED) is 0.748. The Morgan fingerprint density at radius 3 is 2.62 bits per heavy atom. The zero-order chi connectivity index (χ0) is 20.6. The van der Waals surface area contributed by atoms with Crippen molar-refractivity contribution < 1.29 is 14.5 Å². The van der Waals surface area contributed by atoms with Gasteiger partial charge in [0.25, 0.3) is 5.91 Å². The summed E-state index contributed by atoms with van der Waals surface area (Å²) in [7, 11) is 3.85. The molecule has 0 bridgehead atoms. The first-order valence-corrected chi connectivity index (χ1v) is 9.97. The van der Waals surface area contributed by atoms with E-state index in [0.717, 1.165) is 42.8 Å². The van der Waals surface area contributed by atoms with E-state index in [9.17, 15) is 9.90 Å². The summed E-state index contributed by atoms with van der Waals surface area (Å²) < 4.78 is 4.68. The molecular weight excluding hydrogens is 374 g/mol. The van der Waals surface area contributed by atoms with Gasteiger partial charge in [0.2, 0.25) is 5.95 Å². The number of carbonyl (C=O) groups is 1. The number of amides is 1. The van der Waals surface area contributed by atoms with Crippen LogP contribution in [0.4, 0.5) is 11.8 Å². The van der Waals surface area contributed by atoms with Gasteiger partial charge in [-0.25, -0.2) is 9.61 Å². The molecule has 1 saturated heterocycles. The van der Waals surface area contributed by atoms with Crippen LogP contribution in [0.5, 0.6) is 0 Å². The summed E-state index contributed by atoms with van der Waals surface area (Å²) in [4.78, 5) is 26.0. The Morgan fingerprint density at radius 1 is 1.24 bits per heavy atom. The van der Waals surface area contributed by atoms with Gasteiger partial charge >= 0.3 is 0 Å². The van der Waals surface area contributed by atoms with Crippen LogP contribution in [0.25, 0.3) is 0 Å². The number of fused-ring (bicyclic) bond motifs is 2. The smallest absolute Gasteiger partial charge is 0.278 e. The molecular formula is C19H27N7O3. The van der Waals surface area contributed by atoms with Gasteiger partial charge in [0, 0.05) is 44.7 Å². The van der Waals surface area contributed by atoms with Crippen molar-refractivity contribution in [3.63, 3.8) is 0 Å². The number of aliphatic hydroxyl groups is 1. The Hall–Kier alpha value is -2.75. The Bertz CT molecular complexity index is 903. The van der Waals surface area contributed by atoms with Crippen LogP contribution in [0, 0.1) is 6.92 Å². The molecule has 0 atom stereocenters. The molecule has 1 amide bonds. The zero-order valence-corrected chi connectivity index (χ0v) is 17.1. The lowest BCUT2D eigenvalue weighted by Crippen LogP contribution is -2.45. The number of aryl methyl sites for hydroxylation is 1. The third kappa shape index (κ3) is 3.41. The van der Waals surface area contributed by atoms with Crippen molar-refractivity contribution >= 4 is 17.7 Å². The van der Waals surface area contributed by atoms with Gasteiger partial charge in [0.15, 0.2) is 5.69 Å². The SMILES string of the molecule is Cc1nonc1C(=O)N1CCC2(CCc3c(NCCO)nc(N(C)C)nc32)CC1. The molecule has 1 aliphatic heterocycles. The minimum atomic E-state index is -0.126. The number of aliphatic hydroxyl groups excluding tert-OH is 1. The Labute approximate surface area is 169 Å². The van der Waals surface area contributed by atoms with E-state index in [1.807, 2.05) is 23.9 Å². The summed E-state index contributed by atoms with van der Waals surface area (Å²) >= 11 is 0. The highest BCUT2D eigenvalue weighted by molar-refractivity contribution is 5.93. The molecule has 4 rings (SSSR count). The number of hydrogen-bond donors (Lipinski definition) is 2. The molecule has 1 aliphatic carbocycles. The van der Waals surface area contributed by atoms with Crippen LogP contribution < -0.4 is 10.2 Å². The predicted octanol–water partition coefficient (Wildman–Crippen LogP) is 0.758. The van der Waals surface area contributed by atoms with Gasteiger partial charge in [-0.1, -0.05) is 5.16 Å². The second-order valence-corrected chi connectivity index (χ2v) is 8.01. The van der Waals surface area contributed by atoms with Crippen molar-refractivity contribution in [1.29, 1.82) is 0 Å². The van der Waals surface area contributed by atoms with Crippen LogP contribution in [0.15, 0.2) is 4.63 Å². The molecule has 0 aromatic carbocycles. The van der Waals surface area contributed by atoms with Gasteiger partial charge in [-0.3, -0.25) is 4.79 Å². The molecule has 2 aromatic rings. The van der Waals surface area contributed by atoms with E-state index in [0.29, 0.717) is 37.0 Å². The number of nitrogens with zero attached hydrogens (tertiary/aromatic N) is 6. The third-order valence-electron chi connectivity index (χ3n) is 6.02. The Kier molecular flexibility index (Phi) is 5.12. The van der Waals surface area contributed by atoms with Crippen molar-refractivity contribution in [3.05, 3.63) is 22.6 Å². The second kappa shape index (κ2) is 7.58. The van der Waals surface area contributed by atoms with E-state index >= 15 is 0 Å². The molecule has 0 radical (unpaired) electrons. The van der Waals surface area contributed by atoms with E-state index in [4.69, 9.17) is 4.98 Å². The van der Waals surface area contributed by atoms with E-state index in [2.05, 4.69) is 25.2 Å². The van der Waals surface area contributed by atoms with Gasteiger partial charge in [-0.05, 0) is 37.8 Å². The third-order valence-corrected chi connectivity index (χ3v) is 6.02. The summed E-state index contributed by atoms with van der Waals surface area (Å²) in [5, 5.41) is 19.9. The maximum atomic E-state index is 12.7. The lowest BCUT2D eigenvalue weighted by Gasteiger charge is -2.39. The number of anilines is 2. The molecule has 10 heteroatoms. The molecule has 0 saturated carbocycles. The highest BCUT2D eigenvalue weighted by atomic mass is 16.6. The first-order valence-electron chi connectivity index (χ1n) is 9.97. The fraction of sp³-hybridized carbons (Fsp3) is 0.632. The normalized spacial score (nSPS) is 17.4. The lowest BCUT2D eigenvalue weighted by atomic mass is 9.76. The maximum absolute atomic E-state index is 12.7. The summed E-state index contributed by atoms with van der Waals surface area (Å²) in [6.07, 6.45) is 3.59. The van der Waals surface area contributed by atoms with Crippen LogP contribution in [0.1, 0.15) is 46.7 Å². The number of aromatic nitrogens is 4. The molecule has 0 unspecified atom stereocenters. The van der Waals surface area contributed by atoms with Crippen LogP contribution in [-0.4, -0.2) is 76.5 Å².